The minimum absolute atomic E-state index is 0.0744. The van der Waals surface area contributed by atoms with Gasteiger partial charge in [0.05, 0.1) is 18.7 Å². The van der Waals surface area contributed by atoms with Gasteiger partial charge in [0, 0.05) is 32.7 Å². The quantitative estimate of drug-likeness (QED) is 0.715. The fraction of sp³-hybridized carbons (Fsp3) is 0.476. The minimum Gasteiger partial charge on any atom is -0.367 e. The van der Waals surface area contributed by atoms with Gasteiger partial charge in [-0.1, -0.05) is 30.3 Å². The summed E-state index contributed by atoms with van der Waals surface area (Å²) in [6, 6.07) is 10.7. The average Bonchev–Trinajstić information content (AvgIpc) is 3.21. The van der Waals surface area contributed by atoms with Crippen molar-refractivity contribution in [2.24, 2.45) is 0 Å². The van der Waals surface area contributed by atoms with E-state index in [1.165, 1.54) is 12.0 Å². The molecule has 1 atom stereocenters. The molecule has 1 fully saturated rings. The maximum absolute atomic E-state index is 12.7. The van der Waals surface area contributed by atoms with E-state index in [-0.39, 0.29) is 11.9 Å². The maximum atomic E-state index is 12.7. The first-order valence-electron chi connectivity index (χ1n) is 10.0. The monoisotopic (exact) mass is 438 g/mol. The summed E-state index contributed by atoms with van der Waals surface area (Å²) in [5.74, 6) is -0.324. The van der Waals surface area contributed by atoms with Crippen LogP contribution in [0.25, 0.3) is 0 Å². The number of halogens is 3. The maximum Gasteiger partial charge on any atom is 0.389 e. The van der Waals surface area contributed by atoms with Gasteiger partial charge in [0.2, 0.25) is 5.91 Å². The average molecular weight is 438 g/mol. The number of hydrogen-bond acceptors (Lipinski definition) is 4. The zero-order valence-corrected chi connectivity index (χ0v) is 17.1. The van der Waals surface area contributed by atoms with Gasteiger partial charge in [-0.3, -0.25) is 9.59 Å². The lowest BCUT2D eigenvalue weighted by atomic mass is 10.0. The third kappa shape index (κ3) is 6.06. The molecular formula is C21H25F3N4O3. The van der Waals surface area contributed by atoms with E-state index >= 15 is 0 Å². The van der Waals surface area contributed by atoms with Crippen molar-refractivity contribution in [2.45, 2.75) is 44.0 Å². The normalized spacial score (nSPS) is 16.2. The molecule has 0 bridgehead atoms. The highest BCUT2D eigenvalue weighted by molar-refractivity contribution is 5.94. The van der Waals surface area contributed by atoms with E-state index in [9.17, 15) is 22.8 Å². The van der Waals surface area contributed by atoms with Crippen LogP contribution < -0.4 is 5.32 Å². The molecule has 0 aliphatic carbocycles. The van der Waals surface area contributed by atoms with Gasteiger partial charge in [-0.15, -0.1) is 0 Å². The Morgan fingerprint density at radius 2 is 1.87 bits per heavy atom. The molecule has 0 radical (unpaired) electrons. The number of nitrogens with one attached hydrogen (secondary N) is 1. The highest BCUT2D eigenvalue weighted by Crippen LogP contribution is 2.28. The van der Waals surface area contributed by atoms with Crippen molar-refractivity contribution in [1.29, 1.82) is 0 Å². The Morgan fingerprint density at radius 3 is 2.48 bits per heavy atom. The number of likely N-dealkylation sites (tertiary alicyclic amines) is 1. The van der Waals surface area contributed by atoms with Gasteiger partial charge in [-0.05, 0) is 18.4 Å². The first-order valence-corrected chi connectivity index (χ1v) is 10.0. The third-order valence-electron chi connectivity index (χ3n) is 5.28. The molecule has 3 rings (SSSR count). The Bertz CT molecular complexity index is 877. The van der Waals surface area contributed by atoms with Crippen molar-refractivity contribution >= 4 is 17.6 Å². The van der Waals surface area contributed by atoms with Crippen molar-refractivity contribution in [3.05, 3.63) is 48.2 Å². The van der Waals surface area contributed by atoms with Crippen molar-refractivity contribution in [3.63, 3.8) is 0 Å². The van der Waals surface area contributed by atoms with E-state index in [1.54, 1.807) is 29.1 Å². The summed E-state index contributed by atoms with van der Waals surface area (Å²) in [6.45, 7) is 0.693. The Labute approximate surface area is 178 Å². The Morgan fingerprint density at radius 1 is 1.19 bits per heavy atom. The van der Waals surface area contributed by atoms with Gasteiger partial charge < -0.3 is 15.0 Å². The predicted octanol–water partition coefficient (Wildman–Crippen LogP) is 3.72. The van der Waals surface area contributed by atoms with Crippen LogP contribution in [0.5, 0.6) is 0 Å². The summed E-state index contributed by atoms with van der Waals surface area (Å²) in [4.78, 5) is 26.2. The summed E-state index contributed by atoms with van der Waals surface area (Å²) in [5, 5.41) is 7.14. The van der Waals surface area contributed by atoms with Crippen molar-refractivity contribution < 1.29 is 27.5 Å². The van der Waals surface area contributed by atoms with Crippen molar-refractivity contribution in [1.82, 2.24) is 14.7 Å². The molecule has 1 aromatic heterocycles. The molecule has 31 heavy (non-hydrogen) atoms. The third-order valence-corrected chi connectivity index (χ3v) is 5.28. The van der Waals surface area contributed by atoms with Crippen LogP contribution >= 0.6 is 0 Å². The van der Waals surface area contributed by atoms with Gasteiger partial charge >= 0.3 is 6.18 Å². The Balaban J connectivity index is 1.58. The molecule has 1 N–H and O–H groups in total. The lowest BCUT2D eigenvalue weighted by molar-refractivity contribution is -0.149. The van der Waals surface area contributed by atoms with Crippen LogP contribution in [0.3, 0.4) is 0 Å². The molecule has 2 heterocycles. The number of carbonyl (C=O) groups is 2. The van der Waals surface area contributed by atoms with Crippen LogP contribution in [0.1, 0.15) is 43.4 Å². The molecule has 0 unspecified atom stereocenters. The number of rotatable bonds is 7. The number of hydrogen-bond donors (Lipinski definition) is 1. The molecule has 1 aromatic carbocycles. The number of benzene rings is 1. The highest BCUT2D eigenvalue weighted by Gasteiger charge is 2.31. The summed E-state index contributed by atoms with van der Waals surface area (Å²) in [6.07, 6.45) is -4.11. The van der Waals surface area contributed by atoms with Gasteiger partial charge in [-0.2, -0.15) is 18.3 Å². The summed E-state index contributed by atoms with van der Waals surface area (Å²) in [7, 11) is 1.46. The molecule has 2 amide bonds. The number of methoxy groups -OCH3 is 1. The van der Waals surface area contributed by atoms with Crippen LogP contribution in [0, 0.1) is 0 Å². The SMILES string of the molecule is CO[C@@H](C(=O)Nc1ccnn1C1CCN(C(=O)CCC(F)(F)F)CC1)c1ccccc1. The van der Waals surface area contributed by atoms with Crippen LogP contribution in [-0.2, 0) is 14.3 Å². The molecule has 0 spiro atoms. The smallest absolute Gasteiger partial charge is 0.367 e. The van der Waals surface area contributed by atoms with Crippen molar-refractivity contribution in [2.75, 3.05) is 25.5 Å². The largest absolute Gasteiger partial charge is 0.389 e. The molecule has 10 heteroatoms. The van der Waals surface area contributed by atoms with Crippen LogP contribution in [-0.4, -0.2) is 52.9 Å². The fourth-order valence-electron chi connectivity index (χ4n) is 3.68. The van der Waals surface area contributed by atoms with Gasteiger partial charge in [-0.25, -0.2) is 4.68 Å². The molecule has 1 aliphatic rings. The minimum atomic E-state index is -4.34. The number of ether oxygens (including phenoxy) is 1. The highest BCUT2D eigenvalue weighted by atomic mass is 19.4. The Hall–Kier alpha value is -2.88. The number of aromatic nitrogens is 2. The second kappa shape index (κ2) is 9.95. The second-order valence-electron chi connectivity index (χ2n) is 7.40. The van der Waals surface area contributed by atoms with Gasteiger partial charge in [0.1, 0.15) is 5.82 Å². The van der Waals surface area contributed by atoms with Crippen molar-refractivity contribution in [3.8, 4) is 0 Å². The summed E-state index contributed by atoms with van der Waals surface area (Å²) in [5.41, 5.74) is 0.722. The summed E-state index contributed by atoms with van der Waals surface area (Å²) >= 11 is 0. The standard InChI is InChI=1S/C21H25F3N4O3/c1-31-19(15-5-3-2-4-6-15)20(30)26-17-8-12-25-28(17)16-9-13-27(14-10-16)18(29)7-11-21(22,23)24/h2-6,8,12,16,19H,7,9-11,13-14H2,1H3,(H,26,30)/t19-/m1/s1. The van der Waals surface area contributed by atoms with E-state index in [0.29, 0.717) is 31.7 Å². The summed E-state index contributed by atoms with van der Waals surface area (Å²) < 4.78 is 44.1. The van der Waals surface area contributed by atoms with E-state index in [4.69, 9.17) is 4.74 Å². The molecule has 1 aliphatic heterocycles. The molecule has 2 aromatic rings. The number of alkyl halides is 3. The topological polar surface area (TPSA) is 76.5 Å². The zero-order chi connectivity index (χ0) is 22.4. The first-order chi connectivity index (χ1) is 14.8. The molecular weight excluding hydrogens is 413 g/mol. The number of carbonyl (C=O) groups excluding carboxylic acids is 2. The molecule has 7 nitrogen and oxygen atoms in total. The van der Waals surface area contributed by atoms with E-state index in [1.807, 2.05) is 18.2 Å². The number of piperidine rings is 1. The van der Waals surface area contributed by atoms with E-state index < -0.39 is 31.0 Å². The molecule has 168 valence electrons. The second-order valence-corrected chi connectivity index (χ2v) is 7.40. The number of nitrogens with zero attached hydrogens (tertiary/aromatic N) is 3. The van der Waals surface area contributed by atoms with Crippen LogP contribution in [0.2, 0.25) is 0 Å². The lowest BCUT2D eigenvalue weighted by Gasteiger charge is -2.33. The Kier molecular flexibility index (Phi) is 7.32. The zero-order valence-electron chi connectivity index (χ0n) is 17.1. The van der Waals surface area contributed by atoms with Gasteiger partial charge in [0.25, 0.3) is 5.91 Å². The number of amides is 2. The van der Waals surface area contributed by atoms with Gasteiger partial charge in [0.15, 0.2) is 6.10 Å². The first kappa shape index (κ1) is 22.8. The molecule has 0 saturated carbocycles. The van der Waals surface area contributed by atoms with Crippen LogP contribution in [0.4, 0.5) is 19.0 Å². The van der Waals surface area contributed by atoms with E-state index in [2.05, 4.69) is 10.4 Å². The molecule has 1 saturated heterocycles. The predicted molar refractivity (Wildman–Crippen MR) is 107 cm³/mol. The fourth-order valence-corrected chi connectivity index (χ4v) is 3.68. The van der Waals surface area contributed by atoms with E-state index in [0.717, 1.165) is 5.56 Å². The van der Waals surface area contributed by atoms with Crippen LogP contribution in [0.15, 0.2) is 42.6 Å². The lowest BCUT2D eigenvalue weighted by Crippen LogP contribution is -2.39. The number of anilines is 1.